The molecule has 2 N–H and O–H groups in total. The molecule has 1 aliphatic carbocycles. The van der Waals surface area contributed by atoms with E-state index in [1.165, 1.54) is 0 Å². The Kier molecular flexibility index (Phi) is 4.28. The lowest BCUT2D eigenvalue weighted by atomic mass is 9.75. The van der Waals surface area contributed by atoms with E-state index >= 15 is 0 Å². The molecule has 1 aliphatic rings. The maximum atomic E-state index is 12.6. The van der Waals surface area contributed by atoms with Gasteiger partial charge in [0, 0.05) is 23.8 Å². The van der Waals surface area contributed by atoms with Gasteiger partial charge < -0.3 is 10.6 Å². The number of nitrogen functional groups attached to an aromatic ring is 1. The first kappa shape index (κ1) is 15.2. The average Bonchev–Trinajstić information content (AvgIpc) is 2.40. The second kappa shape index (κ2) is 5.65. The highest BCUT2D eigenvalue weighted by atomic mass is 35.5. The Labute approximate surface area is 126 Å². The molecule has 0 aromatic heterocycles. The third-order valence-corrected chi connectivity index (χ3v) is 4.66. The minimum atomic E-state index is -0.0327. The molecular weight excluding hydrogens is 272 g/mol. The molecule has 0 atom stereocenters. The van der Waals surface area contributed by atoms with Gasteiger partial charge in [-0.1, -0.05) is 25.4 Å². The fourth-order valence-electron chi connectivity index (χ4n) is 2.84. The third-order valence-electron chi connectivity index (χ3n) is 4.42. The fourth-order valence-corrected chi connectivity index (χ4v) is 3.01. The van der Waals surface area contributed by atoms with Crippen LogP contribution in [0.25, 0.3) is 0 Å². The van der Waals surface area contributed by atoms with Crippen LogP contribution in [0, 0.1) is 5.41 Å². The van der Waals surface area contributed by atoms with Crippen molar-refractivity contribution in [2.75, 3.05) is 12.8 Å². The molecule has 0 saturated heterocycles. The SMILES string of the molecule is CN(C(=O)c1cc(Cl)ccc1N)C1CCC(C)(C)CC1. The molecule has 0 spiro atoms. The smallest absolute Gasteiger partial charge is 0.255 e. The predicted octanol–water partition coefficient (Wildman–Crippen LogP) is 3.96. The van der Waals surface area contributed by atoms with E-state index in [0.717, 1.165) is 25.7 Å². The number of hydrogen-bond acceptors (Lipinski definition) is 2. The molecule has 0 radical (unpaired) electrons. The van der Waals surface area contributed by atoms with Gasteiger partial charge in [0.05, 0.1) is 5.56 Å². The Morgan fingerprint density at radius 3 is 2.55 bits per heavy atom. The molecule has 20 heavy (non-hydrogen) atoms. The lowest BCUT2D eigenvalue weighted by molar-refractivity contribution is 0.0636. The van der Waals surface area contributed by atoms with Crippen LogP contribution >= 0.6 is 11.6 Å². The highest BCUT2D eigenvalue weighted by Crippen LogP contribution is 2.37. The quantitative estimate of drug-likeness (QED) is 0.839. The number of hydrogen-bond donors (Lipinski definition) is 1. The van der Waals surface area contributed by atoms with Gasteiger partial charge in [0.25, 0.3) is 5.91 Å². The van der Waals surface area contributed by atoms with E-state index < -0.39 is 0 Å². The highest BCUT2D eigenvalue weighted by molar-refractivity contribution is 6.31. The Hall–Kier alpha value is -1.22. The summed E-state index contributed by atoms with van der Waals surface area (Å²) >= 11 is 5.96. The van der Waals surface area contributed by atoms with Crippen LogP contribution in [-0.2, 0) is 0 Å². The van der Waals surface area contributed by atoms with Gasteiger partial charge in [0.2, 0.25) is 0 Å². The van der Waals surface area contributed by atoms with Crippen LogP contribution < -0.4 is 5.73 Å². The van der Waals surface area contributed by atoms with Crippen molar-refractivity contribution >= 4 is 23.2 Å². The van der Waals surface area contributed by atoms with Crippen LogP contribution in [0.4, 0.5) is 5.69 Å². The zero-order chi connectivity index (χ0) is 14.9. The molecule has 2 rings (SSSR count). The van der Waals surface area contributed by atoms with E-state index in [1.807, 2.05) is 11.9 Å². The largest absolute Gasteiger partial charge is 0.398 e. The van der Waals surface area contributed by atoms with Gasteiger partial charge in [-0.2, -0.15) is 0 Å². The van der Waals surface area contributed by atoms with Crippen molar-refractivity contribution in [1.82, 2.24) is 4.90 Å². The molecule has 0 bridgehead atoms. The molecule has 0 unspecified atom stereocenters. The predicted molar refractivity (Wildman–Crippen MR) is 84.0 cm³/mol. The first-order valence-electron chi connectivity index (χ1n) is 7.12. The second-order valence-electron chi connectivity index (χ2n) is 6.54. The van der Waals surface area contributed by atoms with Crippen molar-refractivity contribution in [3.05, 3.63) is 28.8 Å². The Balaban J connectivity index is 2.11. The number of rotatable bonds is 2. The van der Waals surface area contributed by atoms with Crippen molar-refractivity contribution in [2.24, 2.45) is 5.41 Å². The average molecular weight is 295 g/mol. The number of amides is 1. The number of benzene rings is 1. The van der Waals surface area contributed by atoms with E-state index in [4.69, 9.17) is 17.3 Å². The molecule has 1 aromatic rings. The van der Waals surface area contributed by atoms with E-state index in [1.54, 1.807) is 18.2 Å². The van der Waals surface area contributed by atoms with Crippen molar-refractivity contribution < 1.29 is 4.79 Å². The summed E-state index contributed by atoms with van der Waals surface area (Å²) in [5, 5.41) is 0.542. The summed E-state index contributed by atoms with van der Waals surface area (Å²) in [5.41, 5.74) is 7.29. The first-order chi connectivity index (χ1) is 9.30. The lowest BCUT2D eigenvalue weighted by Crippen LogP contribution is -2.41. The van der Waals surface area contributed by atoms with Crippen LogP contribution in [0.2, 0.25) is 5.02 Å². The maximum absolute atomic E-state index is 12.6. The third kappa shape index (κ3) is 3.26. The molecule has 3 nitrogen and oxygen atoms in total. The van der Waals surface area contributed by atoms with Gasteiger partial charge >= 0.3 is 0 Å². The topological polar surface area (TPSA) is 46.3 Å². The summed E-state index contributed by atoms with van der Waals surface area (Å²) in [6, 6.07) is 5.35. The number of carbonyl (C=O) groups excluding carboxylic acids is 1. The minimum Gasteiger partial charge on any atom is -0.398 e. The molecule has 1 saturated carbocycles. The zero-order valence-corrected chi connectivity index (χ0v) is 13.2. The van der Waals surface area contributed by atoms with Gasteiger partial charge in [-0.15, -0.1) is 0 Å². The van der Waals surface area contributed by atoms with Crippen LogP contribution in [0.15, 0.2) is 18.2 Å². The van der Waals surface area contributed by atoms with Crippen LogP contribution in [0.3, 0.4) is 0 Å². The molecule has 1 fully saturated rings. The standard InChI is InChI=1S/C16H23ClN2O/c1-16(2)8-6-12(7-9-16)19(3)15(20)13-10-11(17)4-5-14(13)18/h4-5,10,12H,6-9,18H2,1-3H3. The normalized spacial score (nSPS) is 18.8. The Morgan fingerprint density at radius 2 is 1.95 bits per heavy atom. The molecule has 0 heterocycles. The monoisotopic (exact) mass is 294 g/mol. The van der Waals surface area contributed by atoms with E-state index in [0.29, 0.717) is 27.7 Å². The summed E-state index contributed by atoms with van der Waals surface area (Å²) in [5.74, 6) is -0.0327. The van der Waals surface area contributed by atoms with Crippen molar-refractivity contribution in [3.8, 4) is 0 Å². The molecule has 1 amide bonds. The summed E-state index contributed by atoms with van der Waals surface area (Å²) in [6.07, 6.45) is 4.41. The lowest BCUT2D eigenvalue weighted by Gasteiger charge is -2.38. The van der Waals surface area contributed by atoms with Crippen LogP contribution in [0.1, 0.15) is 49.9 Å². The first-order valence-corrected chi connectivity index (χ1v) is 7.50. The summed E-state index contributed by atoms with van der Waals surface area (Å²) in [6.45, 7) is 4.58. The maximum Gasteiger partial charge on any atom is 0.255 e. The summed E-state index contributed by atoms with van der Waals surface area (Å²) < 4.78 is 0. The number of nitrogens with two attached hydrogens (primary N) is 1. The fraction of sp³-hybridized carbons (Fsp3) is 0.562. The molecule has 1 aromatic carbocycles. The van der Waals surface area contributed by atoms with Crippen molar-refractivity contribution in [1.29, 1.82) is 0 Å². The zero-order valence-electron chi connectivity index (χ0n) is 12.4. The number of carbonyl (C=O) groups is 1. The van der Waals surface area contributed by atoms with E-state index in [2.05, 4.69) is 13.8 Å². The van der Waals surface area contributed by atoms with Crippen molar-refractivity contribution in [3.63, 3.8) is 0 Å². The highest BCUT2D eigenvalue weighted by Gasteiger charge is 2.31. The number of halogens is 1. The number of anilines is 1. The number of nitrogens with zero attached hydrogens (tertiary/aromatic N) is 1. The molecule has 110 valence electrons. The minimum absolute atomic E-state index is 0.0327. The van der Waals surface area contributed by atoms with Crippen LogP contribution in [-0.4, -0.2) is 23.9 Å². The molecule has 0 aliphatic heterocycles. The Bertz CT molecular complexity index is 503. The van der Waals surface area contributed by atoms with Gasteiger partial charge in [-0.3, -0.25) is 4.79 Å². The van der Waals surface area contributed by atoms with Gasteiger partial charge in [0.1, 0.15) is 0 Å². The van der Waals surface area contributed by atoms with Crippen molar-refractivity contribution in [2.45, 2.75) is 45.6 Å². The second-order valence-corrected chi connectivity index (χ2v) is 6.98. The van der Waals surface area contributed by atoms with Crippen LogP contribution in [0.5, 0.6) is 0 Å². The van der Waals surface area contributed by atoms with Gasteiger partial charge in [-0.05, 0) is 49.3 Å². The Morgan fingerprint density at radius 1 is 1.35 bits per heavy atom. The summed E-state index contributed by atoms with van der Waals surface area (Å²) in [4.78, 5) is 14.4. The van der Waals surface area contributed by atoms with E-state index in [9.17, 15) is 4.79 Å². The van der Waals surface area contributed by atoms with Gasteiger partial charge in [0.15, 0.2) is 0 Å². The molecule has 4 heteroatoms. The summed E-state index contributed by atoms with van der Waals surface area (Å²) in [7, 11) is 1.87. The molecular formula is C16H23ClN2O. The van der Waals surface area contributed by atoms with E-state index in [-0.39, 0.29) is 5.91 Å². The van der Waals surface area contributed by atoms with Gasteiger partial charge in [-0.25, -0.2) is 0 Å².